The van der Waals surface area contributed by atoms with Crippen molar-refractivity contribution in [2.24, 2.45) is 5.92 Å². The Labute approximate surface area is 207 Å². The minimum Gasteiger partial charge on any atom is -0.508 e. The lowest BCUT2D eigenvalue weighted by molar-refractivity contribution is 0.0806. The van der Waals surface area contributed by atoms with Crippen LogP contribution in [0.2, 0.25) is 0 Å². The third-order valence-electron chi connectivity index (χ3n) is 6.25. The summed E-state index contributed by atoms with van der Waals surface area (Å²) in [5.41, 5.74) is 0.238. The Morgan fingerprint density at radius 3 is 2.60 bits per heavy atom. The quantitative estimate of drug-likeness (QED) is 0.271. The second-order valence-electron chi connectivity index (χ2n) is 8.74. The molecule has 5 rings (SSSR count). The Hall–Kier alpha value is -3.42. The van der Waals surface area contributed by atoms with Gasteiger partial charge in [-0.1, -0.05) is 25.5 Å². The van der Waals surface area contributed by atoms with Crippen LogP contribution in [0, 0.1) is 11.7 Å². The molecule has 1 aromatic heterocycles. The number of ketones is 1. The Balaban J connectivity index is 1.33. The first-order chi connectivity index (χ1) is 17.0. The molecule has 0 spiro atoms. The van der Waals surface area contributed by atoms with Crippen LogP contribution in [0.4, 0.5) is 4.39 Å². The maximum absolute atomic E-state index is 13.7. The van der Waals surface area contributed by atoms with Crippen LogP contribution in [-0.2, 0) is 0 Å². The average Bonchev–Trinajstić information content (AvgIpc) is 3.18. The van der Waals surface area contributed by atoms with Gasteiger partial charge in [-0.3, -0.25) is 9.69 Å². The van der Waals surface area contributed by atoms with Gasteiger partial charge < -0.3 is 14.6 Å². The fourth-order valence-electron chi connectivity index (χ4n) is 4.21. The summed E-state index contributed by atoms with van der Waals surface area (Å²) in [4.78, 5) is 16.0. The van der Waals surface area contributed by atoms with E-state index in [4.69, 9.17) is 9.47 Å². The molecule has 7 heteroatoms. The number of likely N-dealkylation sites (tertiary alicyclic amines) is 1. The fraction of sp³-hybridized carbons (Fsp3) is 0.250. The molecule has 180 valence electrons. The van der Waals surface area contributed by atoms with Crippen LogP contribution in [0.15, 0.2) is 66.7 Å². The SMILES string of the molecule is CCC1CN(CCOc2ccc(Oc3c(C(=O)c4cccc(F)c4)sc4cc(O)ccc34)cc2)C1. The molecule has 2 heterocycles. The third-order valence-corrected chi connectivity index (χ3v) is 7.38. The highest BCUT2D eigenvalue weighted by Crippen LogP contribution is 2.42. The summed E-state index contributed by atoms with van der Waals surface area (Å²) in [6.07, 6.45) is 1.23. The minimum absolute atomic E-state index is 0.0972. The molecule has 0 aliphatic carbocycles. The fourth-order valence-corrected chi connectivity index (χ4v) is 5.33. The number of ether oxygens (including phenoxy) is 2. The zero-order valence-corrected chi connectivity index (χ0v) is 20.2. The van der Waals surface area contributed by atoms with Gasteiger partial charge in [-0.05, 0) is 60.5 Å². The van der Waals surface area contributed by atoms with Gasteiger partial charge in [0.25, 0.3) is 0 Å². The number of phenols is 1. The van der Waals surface area contributed by atoms with Gasteiger partial charge in [-0.15, -0.1) is 11.3 Å². The summed E-state index contributed by atoms with van der Waals surface area (Å²) in [6.45, 7) is 6.06. The van der Waals surface area contributed by atoms with E-state index < -0.39 is 5.82 Å². The number of aromatic hydroxyl groups is 1. The van der Waals surface area contributed by atoms with E-state index in [1.165, 1.54) is 36.0 Å². The molecule has 0 amide bonds. The Morgan fingerprint density at radius 2 is 1.86 bits per heavy atom. The smallest absolute Gasteiger partial charge is 0.206 e. The molecule has 1 N–H and O–H groups in total. The predicted molar refractivity (Wildman–Crippen MR) is 136 cm³/mol. The summed E-state index contributed by atoms with van der Waals surface area (Å²) in [7, 11) is 0. The van der Waals surface area contributed by atoms with E-state index in [1.807, 2.05) is 12.1 Å². The zero-order chi connectivity index (χ0) is 24.4. The largest absolute Gasteiger partial charge is 0.508 e. The van der Waals surface area contributed by atoms with E-state index in [0.29, 0.717) is 33.1 Å². The number of hydrogen-bond acceptors (Lipinski definition) is 6. The lowest BCUT2D eigenvalue weighted by atomic mass is 9.98. The van der Waals surface area contributed by atoms with E-state index in [9.17, 15) is 14.3 Å². The lowest BCUT2D eigenvalue weighted by Crippen LogP contribution is -2.47. The topological polar surface area (TPSA) is 59.0 Å². The molecule has 0 atom stereocenters. The molecule has 35 heavy (non-hydrogen) atoms. The van der Waals surface area contributed by atoms with Crippen molar-refractivity contribution in [2.75, 3.05) is 26.2 Å². The Morgan fingerprint density at radius 1 is 1.09 bits per heavy atom. The maximum atomic E-state index is 13.7. The van der Waals surface area contributed by atoms with Gasteiger partial charge in [0.15, 0.2) is 5.75 Å². The molecule has 0 saturated carbocycles. The number of phenolic OH excluding ortho intramolecular Hbond substituents is 1. The number of halogens is 1. The van der Waals surface area contributed by atoms with E-state index >= 15 is 0 Å². The van der Waals surface area contributed by atoms with Crippen LogP contribution in [-0.4, -0.2) is 42.0 Å². The Kier molecular flexibility index (Phi) is 6.70. The second kappa shape index (κ2) is 10.1. The molecule has 0 radical (unpaired) electrons. The summed E-state index contributed by atoms with van der Waals surface area (Å²) in [5.74, 6) is 1.79. The first kappa shape index (κ1) is 23.3. The lowest BCUT2D eigenvalue weighted by Gasteiger charge is -2.38. The highest BCUT2D eigenvalue weighted by Gasteiger charge is 2.24. The highest BCUT2D eigenvalue weighted by atomic mass is 32.1. The van der Waals surface area contributed by atoms with Crippen LogP contribution >= 0.6 is 11.3 Å². The molecular formula is C28H26FNO4S. The zero-order valence-electron chi connectivity index (χ0n) is 19.4. The number of carbonyl (C=O) groups is 1. The number of carbonyl (C=O) groups excluding carboxylic acids is 1. The number of fused-ring (bicyclic) bond motifs is 1. The number of benzene rings is 3. The average molecular weight is 492 g/mol. The van der Waals surface area contributed by atoms with Crippen molar-refractivity contribution < 1.29 is 23.8 Å². The molecule has 1 saturated heterocycles. The molecule has 3 aromatic carbocycles. The van der Waals surface area contributed by atoms with Gasteiger partial charge in [0.1, 0.15) is 34.5 Å². The van der Waals surface area contributed by atoms with Crippen molar-refractivity contribution >= 4 is 27.2 Å². The number of thiophene rings is 1. The van der Waals surface area contributed by atoms with Gasteiger partial charge in [-0.2, -0.15) is 0 Å². The minimum atomic E-state index is -0.480. The molecule has 1 aliphatic heterocycles. The summed E-state index contributed by atoms with van der Waals surface area (Å²) in [6, 6.07) is 17.7. The molecule has 5 nitrogen and oxygen atoms in total. The standard InChI is InChI=1S/C28H26FNO4S/c1-2-18-16-30(17-18)12-13-33-22-7-9-23(10-8-22)34-27-24-11-6-21(31)15-25(24)35-28(27)26(32)19-4-3-5-20(29)14-19/h3-11,14-15,18,31H,2,12-13,16-17H2,1H3. The van der Waals surface area contributed by atoms with Gasteiger partial charge in [-0.25, -0.2) is 4.39 Å². The second-order valence-corrected chi connectivity index (χ2v) is 9.79. The van der Waals surface area contributed by atoms with Crippen molar-refractivity contribution in [3.05, 3.63) is 83.0 Å². The molecular weight excluding hydrogens is 465 g/mol. The normalized spacial score (nSPS) is 14.1. The van der Waals surface area contributed by atoms with Crippen LogP contribution < -0.4 is 9.47 Å². The third kappa shape index (κ3) is 5.16. The van der Waals surface area contributed by atoms with Crippen molar-refractivity contribution in [1.82, 2.24) is 4.90 Å². The summed E-state index contributed by atoms with van der Waals surface area (Å²) >= 11 is 1.21. The van der Waals surface area contributed by atoms with Gasteiger partial charge >= 0.3 is 0 Å². The van der Waals surface area contributed by atoms with Crippen LogP contribution in [0.1, 0.15) is 28.6 Å². The first-order valence-electron chi connectivity index (χ1n) is 11.7. The van der Waals surface area contributed by atoms with Crippen molar-refractivity contribution in [1.29, 1.82) is 0 Å². The van der Waals surface area contributed by atoms with Crippen LogP contribution in [0.3, 0.4) is 0 Å². The van der Waals surface area contributed by atoms with Crippen LogP contribution in [0.25, 0.3) is 10.1 Å². The van der Waals surface area contributed by atoms with Crippen molar-refractivity contribution in [3.8, 4) is 23.0 Å². The van der Waals surface area contributed by atoms with E-state index in [-0.39, 0.29) is 17.1 Å². The van der Waals surface area contributed by atoms with E-state index in [0.717, 1.165) is 31.3 Å². The van der Waals surface area contributed by atoms with Gasteiger partial charge in [0.05, 0.1) is 0 Å². The van der Waals surface area contributed by atoms with E-state index in [1.54, 1.807) is 36.4 Å². The van der Waals surface area contributed by atoms with Crippen molar-refractivity contribution in [2.45, 2.75) is 13.3 Å². The summed E-state index contributed by atoms with van der Waals surface area (Å²) in [5, 5.41) is 10.6. The molecule has 0 unspecified atom stereocenters. The van der Waals surface area contributed by atoms with E-state index in [2.05, 4.69) is 11.8 Å². The Bertz CT molecular complexity index is 1350. The first-order valence-corrected chi connectivity index (χ1v) is 12.5. The highest BCUT2D eigenvalue weighted by molar-refractivity contribution is 7.21. The molecule has 1 aliphatic rings. The van der Waals surface area contributed by atoms with Crippen LogP contribution in [0.5, 0.6) is 23.0 Å². The van der Waals surface area contributed by atoms with Gasteiger partial charge in [0.2, 0.25) is 5.78 Å². The monoisotopic (exact) mass is 491 g/mol. The maximum Gasteiger partial charge on any atom is 0.206 e. The number of nitrogens with zero attached hydrogens (tertiary/aromatic N) is 1. The number of hydrogen-bond donors (Lipinski definition) is 1. The predicted octanol–water partition coefficient (Wildman–Crippen LogP) is 6.49. The number of rotatable bonds is 9. The molecule has 4 aromatic rings. The molecule has 1 fully saturated rings. The molecule has 0 bridgehead atoms. The van der Waals surface area contributed by atoms with Crippen molar-refractivity contribution in [3.63, 3.8) is 0 Å². The summed E-state index contributed by atoms with van der Waals surface area (Å²) < 4.78 is 26.5. The van der Waals surface area contributed by atoms with Gasteiger partial charge in [0, 0.05) is 35.3 Å².